The highest BCUT2D eigenvalue weighted by molar-refractivity contribution is 5.95. The summed E-state index contributed by atoms with van der Waals surface area (Å²) in [5.41, 5.74) is -0.227. The minimum absolute atomic E-state index is 0.0198. The molecule has 0 spiro atoms. The fourth-order valence-electron chi connectivity index (χ4n) is 4.02. The number of piperidine rings is 1. The van der Waals surface area contributed by atoms with Gasteiger partial charge in [-0.25, -0.2) is 13.8 Å². The number of nitrogens with zero attached hydrogens (tertiary/aromatic N) is 4. The summed E-state index contributed by atoms with van der Waals surface area (Å²) in [6.07, 6.45) is 3.73. The smallest absolute Gasteiger partial charge is 0.324 e. The maximum absolute atomic E-state index is 14.4. The van der Waals surface area contributed by atoms with Crippen molar-refractivity contribution in [3.8, 4) is 5.75 Å². The van der Waals surface area contributed by atoms with E-state index in [0.717, 1.165) is 44.6 Å². The molecule has 1 fully saturated rings. The first-order valence-electron chi connectivity index (χ1n) is 11.3. The summed E-state index contributed by atoms with van der Waals surface area (Å²) in [5, 5.41) is 4.03. The van der Waals surface area contributed by atoms with Crippen molar-refractivity contribution in [2.75, 3.05) is 31.1 Å². The van der Waals surface area contributed by atoms with Crippen LogP contribution in [0, 0.1) is 17.6 Å². The molecule has 1 aromatic carbocycles. The molecule has 174 valence electrons. The summed E-state index contributed by atoms with van der Waals surface area (Å²) >= 11 is 0. The van der Waals surface area contributed by atoms with Crippen molar-refractivity contribution in [1.82, 2.24) is 10.1 Å². The van der Waals surface area contributed by atoms with Crippen LogP contribution in [0.5, 0.6) is 5.75 Å². The lowest BCUT2D eigenvalue weighted by Gasteiger charge is -2.30. The van der Waals surface area contributed by atoms with Crippen molar-refractivity contribution in [3.05, 3.63) is 35.2 Å². The lowest BCUT2D eigenvalue weighted by Crippen LogP contribution is -2.34. The molecule has 0 saturated carbocycles. The van der Waals surface area contributed by atoms with Crippen molar-refractivity contribution in [1.29, 1.82) is 0 Å². The summed E-state index contributed by atoms with van der Waals surface area (Å²) in [5.74, 6) is 0.325. The van der Waals surface area contributed by atoms with Gasteiger partial charge in [-0.1, -0.05) is 19.0 Å². The van der Waals surface area contributed by atoms with Gasteiger partial charge in [-0.15, -0.1) is 0 Å². The van der Waals surface area contributed by atoms with Crippen LogP contribution in [0.4, 0.5) is 14.8 Å². The Labute approximate surface area is 186 Å². The molecule has 3 heterocycles. The van der Waals surface area contributed by atoms with Crippen molar-refractivity contribution < 1.29 is 22.8 Å². The number of rotatable bonds is 8. The Bertz CT molecular complexity index is 931. The van der Waals surface area contributed by atoms with Crippen LogP contribution < -0.4 is 9.64 Å². The van der Waals surface area contributed by atoms with E-state index in [9.17, 15) is 8.78 Å². The molecule has 0 unspecified atom stereocenters. The zero-order valence-electron chi connectivity index (χ0n) is 18.8. The Hall–Kier alpha value is -2.71. The lowest BCUT2D eigenvalue weighted by molar-refractivity contribution is 0.244. The van der Waals surface area contributed by atoms with Crippen molar-refractivity contribution in [2.45, 2.75) is 58.5 Å². The first kappa shape index (κ1) is 22.5. The molecular weight excluding hydrogens is 418 g/mol. The monoisotopic (exact) mass is 448 g/mol. The lowest BCUT2D eigenvalue weighted by atomic mass is 9.92. The molecular formula is C23H30F2N4O3. The molecule has 32 heavy (non-hydrogen) atoms. The summed E-state index contributed by atoms with van der Waals surface area (Å²) in [6.45, 7) is 8.47. The van der Waals surface area contributed by atoms with E-state index in [-0.39, 0.29) is 29.2 Å². The van der Waals surface area contributed by atoms with Gasteiger partial charge in [0.25, 0.3) is 0 Å². The number of hydrogen-bond acceptors (Lipinski definition) is 7. The van der Waals surface area contributed by atoms with E-state index in [2.05, 4.69) is 20.0 Å². The van der Waals surface area contributed by atoms with E-state index in [1.807, 2.05) is 13.8 Å². The first-order valence-corrected chi connectivity index (χ1v) is 11.3. The Balaban J connectivity index is 1.20. The molecule has 1 saturated heterocycles. The molecule has 0 bridgehead atoms. The number of aromatic nitrogens is 2. The second kappa shape index (κ2) is 9.83. The predicted octanol–water partition coefficient (Wildman–Crippen LogP) is 4.71. The van der Waals surface area contributed by atoms with Gasteiger partial charge in [-0.05, 0) is 38.5 Å². The van der Waals surface area contributed by atoms with Crippen LogP contribution in [0.1, 0.15) is 63.8 Å². The molecule has 2 aliphatic rings. The summed E-state index contributed by atoms with van der Waals surface area (Å²) < 4.78 is 45.2. The Morgan fingerprint density at radius 3 is 2.50 bits per heavy atom. The SMILES string of the molecule is CC(C)c1noc(N2CCC(CCCOc3cc(F)c(C4=NC[C@H](C)O4)c(F)c3)CC2)n1. The zero-order chi connectivity index (χ0) is 22.7. The molecule has 7 nitrogen and oxygen atoms in total. The third-order valence-corrected chi connectivity index (χ3v) is 5.89. The molecule has 1 atom stereocenters. The Kier molecular flexibility index (Phi) is 6.91. The molecule has 2 aliphatic heterocycles. The third-order valence-electron chi connectivity index (χ3n) is 5.89. The fraction of sp³-hybridized carbons (Fsp3) is 0.609. The quantitative estimate of drug-likeness (QED) is 0.545. The van der Waals surface area contributed by atoms with Crippen LogP contribution in [0.15, 0.2) is 21.6 Å². The van der Waals surface area contributed by atoms with Gasteiger partial charge < -0.3 is 18.9 Å². The van der Waals surface area contributed by atoms with Crippen molar-refractivity contribution >= 4 is 11.9 Å². The molecule has 2 aromatic rings. The van der Waals surface area contributed by atoms with Gasteiger partial charge >= 0.3 is 6.01 Å². The van der Waals surface area contributed by atoms with Crippen molar-refractivity contribution in [3.63, 3.8) is 0 Å². The van der Waals surface area contributed by atoms with Gasteiger partial charge in [0.05, 0.1) is 13.2 Å². The van der Waals surface area contributed by atoms with Crippen LogP contribution in [-0.4, -0.2) is 48.4 Å². The summed E-state index contributed by atoms with van der Waals surface area (Å²) in [7, 11) is 0. The minimum atomic E-state index is -0.720. The normalized spacial score (nSPS) is 19.4. The highest BCUT2D eigenvalue weighted by Gasteiger charge is 2.25. The van der Waals surface area contributed by atoms with E-state index >= 15 is 0 Å². The van der Waals surface area contributed by atoms with Gasteiger partial charge in [-0.2, -0.15) is 4.98 Å². The minimum Gasteiger partial charge on any atom is -0.493 e. The van der Waals surface area contributed by atoms with Gasteiger partial charge in [0, 0.05) is 31.1 Å². The Morgan fingerprint density at radius 1 is 1.19 bits per heavy atom. The zero-order valence-corrected chi connectivity index (χ0v) is 18.8. The van der Waals surface area contributed by atoms with Crippen molar-refractivity contribution in [2.24, 2.45) is 10.9 Å². The van der Waals surface area contributed by atoms with Crippen LogP contribution in [-0.2, 0) is 4.74 Å². The van der Waals surface area contributed by atoms with Gasteiger partial charge in [0.1, 0.15) is 29.1 Å². The average molecular weight is 449 g/mol. The third kappa shape index (κ3) is 5.19. The number of benzene rings is 1. The standard InChI is InChI=1S/C23H30F2N4O3/c1-14(2)21-27-23(32-28-21)29-8-6-16(7-9-29)5-4-10-30-17-11-18(24)20(19(25)12-17)22-26-13-15(3)31-22/h11-12,14-16H,4-10,13H2,1-3H3/t15-/m0/s1. The molecule has 0 aliphatic carbocycles. The summed E-state index contributed by atoms with van der Waals surface area (Å²) in [4.78, 5) is 10.7. The number of hydrogen-bond donors (Lipinski definition) is 0. The highest BCUT2D eigenvalue weighted by atomic mass is 19.1. The van der Waals surface area contributed by atoms with Gasteiger partial charge in [0.2, 0.25) is 5.90 Å². The van der Waals surface area contributed by atoms with Crippen LogP contribution >= 0.6 is 0 Å². The number of aliphatic imine (C=N–C) groups is 1. The molecule has 9 heteroatoms. The number of ether oxygens (including phenoxy) is 2. The Morgan fingerprint density at radius 2 is 1.91 bits per heavy atom. The average Bonchev–Trinajstić information content (AvgIpc) is 3.41. The van der Waals surface area contributed by atoms with Crippen LogP contribution in [0.25, 0.3) is 0 Å². The number of halogens is 2. The van der Waals surface area contributed by atoms with E-state index in [1.54, 1.807) is 6.92 Å². The largest absolute Gasteiger partial charge is 0.493 e. The maximum atomic E-state index is 14.4. The highest BCUT2D eigenvalue weighted by Crippen LogP contribution is 2.27. The van der Waals surface area contributed by atoms with E-state index in [0.29, 0.717) is 25.1 Å². The van der Waals surface area contributed by atoms with E-state index < -0.39 is 11.6 Å². The molecule has 0 radical (unpaired) electrons. The van der Waals surface area contributed by atoms with E-state index in [4.69, 9.17) is 14.0 Å². The molecule has 4 rings (SSSR count). The first-order chi connectivity index (χ1) is 15.4. The number of anilines is 1. The molecule has 1 aromatic heterocycles. The van der Waals surface area contributed by atoms with E-state index in [1.165, 1.54) is 12.1 Å². The van der Waals surface area contributed by atoms with Gasteiger partial charge in [0.15, 0.2) is 5.82 Å². The van der Waals surface area contributed by atoms with Crippen LogP contribution in [0.2, 0.25) is 0 Å². The molecule has 0 amide bonds. The summed E-state index contributed by atoms with van der Waals surface area (Å²) in [6, 6.07) is 3.00. The predicted molar refractivity (Wildman–Crippen MR) is 116 cm³/mol. The van der Waals surface area contributed by atoms with Crippen LogP contribution in [0.3, 0.4) is 0 Å². The fourth-order valence-corrected chi connectivity index (χ4v) is 4.02. The van der Waals surface area contributed by atoms with Gasteiger partial charge in [-0.3, -0.25) is 0 Å². The second-order valence-electron chi connectivity index (χ2n) is 8.85. The topological polar surface area (TPSA) is 73.0 Å². The maximum Gasteiger partial charge on any atom is 0.324 e. The second-order valence-corrected chi connectivity index (χ2v) is 8.85. The molecule has 0 N–H and O–H groups in total.